The molecule has 7 heteroatoms. The van der Waals surface area contributed by atoms with Gasteiger partial charge in [0, 0.05) is 16.5 Å². The molecule has 0 spiro atoms. The van der Waals surface area contributed by atoms with Crippen LogP contribution in [-0.4, -0.2) is 16.9 Å². The highest BCUT2D eigenvalue weighted by atomic mass is 35.5. The minimum atomic E-state index is -0.273. The molecule has 1 amide bonds. The lowest BCUT2D eigenvalue weighted by Crippen LogP contribution is -2.42. The monoisotopic (exact) mass is 381 g/mol. The van der Waals surface area contributed by atoms with E-state index in [4.69, 9.17) is 5.73 Å². The predicted octanol–water partition coefficient (Wildman–Crippen LogP) is 3.99. The summed E-state index contributed by atoms with van der Waals surface area (Å²) in [5.74, 6) is 0.544. The number of amides is 1. The van der Waals surface area contributed by atoms with E-state index in [-0.39, 0.29) is 36.1 Å². The zero-order chi connectivity index (χ0) is 16.8. The minimum absolute atomic E-state index is 0. The van der Waals surface area contributed by atoms with Crippen LogP contribution in [0.25, 0.3) is 11.3 Å². The largest absolute Gasteiger partial charge is 0.327 e. The van der Waals surface area contributed by atoms with Crippen molar-refractivity contribution in [2.24, 2.45) is 23.5 Å². The molecule has 0 aliphatic heterocycles. The predicted molar refractivity (Wildman–Crippen MR) is 100 cm³/mol. The number of rotatable bonds is 3. The third kappa shape index (κ3) is 3.30. The van der Waals surface area contributed by atoms with Gasteiger partial charge >= 0.3 is 0 Å². The lowest BCUT2D eigenvalue weighted by Gasteiger charge is -2.26. The summed E-state index contributed by atoms with van der Waals surface area (Å²) in [7, 11) is 0. The molecular formula is C18H21ClFN3OS. The molecule has 2 saturated carbocycles. The number of nitrogens with two attached hydrogens (primary N) is 1. The van der Waals surface area contributed by atoms with Crippen molar-refractivity contribution in [1.82, 2.24) is 4.98 Å². The average molecular weight is 382 g/mol. The van der Waals surface area contributed by atoms with Gasteiger partial charge in [0.25, 0.3) is 0 Å². The van der Waals surface area contributed by atoms with Crippen LogP contribution in [0.3, 0.4) is 0 Å². The van der Waals surface area contributed by atoms with E-state index in [9.17, 15) is 9.18 Å². The molecule has 0 radical (unpaired) electrons. The summed E-state index contributed by atoms with van der Waals surface area (Å²) in [4.78, 5) is 18.2. The molecule has 3 N–H and O–H groups in total. The van der Waals surface area contributed by atoms with E-state index in [2.05, 4.69) is 10.3 Å². The van der Waals surface area contributed by atoms with Gasteiger partial charge in [0.15, 0.2) is 5.13 Å². The molecule has 2 bridgehead atoms. The number of carbonyl (C=O) groups excluding carboxylic acids is 1. The minimum Gasteiger partial charge on any atom is -0.327 e. The van der Waals surface area contributed by atoms with E-state index in [1.807, 2.05) is 6.92 Å². The molecule has 2 aromatic rings. The van der Waals surface area contributed by atoms with Gasteiger partial charge in [0.1, 0.15) is 5.82 Å². The zero-order valence-electron chi connectivity index (χ0n) is 13.9. The Bertz CT molecular complexity index is 777. The van der Waals surface area contributed by atoms with Crippen molar-refractivity contribution < 1.29 is 9.18 Å². The number of fused-ring (bicyclic) bond motifs is 2. The molecule has 1 aromatic carbocycles. The molecule has 25 heavy (non-hydrogen) atoms. The molecule has 2 aliphatic carbocycles. The quantitative estimate of drug-likeness (QED) is 0.844. The van der Waals surface area contributed by atoms with Gasteiger partial charge in [-0.1, -0.05) is 0 Å². The van der Waals surface area contributed by atoms with Gasteiger partial charge in [-0.3, -0.25) is 4.79 Å². The van der Waals surface area contributed by atoms with Crippen LogP contribution in [0, 0.1) is 30.5 Å². The number of benzene rings is 1. The Labute approximate surface area is 156 Å². The Morgan fingerprint density at radius 3 is 2.60 bits per heavy atom. The maximum absolute atomic E-state index is 13.1. The van der Waals surface area contributed by atoms with Gasteiger partial charge in [-0.25, -0.2) is 9.37 Å². The number of aryl methyl sites for hydroxylation is 1. The summed E-state index contributed by atoms with van der Waals surface area (Å²) in [6.45, 7) is 1.95. The van der Waals surface area contributed by atoms with Crippen LogP contribution in [0.5, 0.6) is 0 Å². The van der Waals surface area contributed by atoms with Gasteiger partial charge in [-0.15, -0.1) is 23.7 Å². The third-order valence-corrected chi connectivity index (χ3v) is 6.31. The van der Waals surface area contributed by atoms with E-state index >= 15 is 0 Å². The Kier molecular flexibility index (Phi) is 5.14. The van der Waals surface area contributed by atoms with Crippen LogP contribution >= 0.6 is 23.7 Å². The Morgan fingerprint density at radius 2 is 1.96 bits per heavy atom. The number of thiazole rings is 1. The van der Waals surface area contributed by atoms with E-state index in [0.29, 0.717) is 17.0 Å². The lowest BCUT2D eigenvalue weighted by molar-refractivity contribution is -0.121. The number of carbonyl (C=O) groups is 1. The smallest absolute Gasteiger partial charge is 0.231 e. The highest BCUT2D eigenvalue weighted by molar-refractivity contribution is 7.16. The van der Waals surface area contributed by atoms with Crippen molar-refractivity contribution in [2.45, 2.75) is 32.2 Å². The van der Waals surface area contributed by atoms with Crippen LogP contribution in [0.2, 0.25) is 0 Å². The van der Waals surface area contributed by atoms with E-state index < -0.39 is 0 Å². The highest BCUT2D eigenvalue weighted by Crippen LogP contribution is 2.48. The molecule has 2 aliphatic rings. The Hall–Kier alpha value is -1.50. The maximum Gasteiger partial charge on any atom is 0.231 e. The van der Waals surface area contributed by atoms with Gasteiger partial charge in [-0.2, -0.15) is 0 Å². The van der Waals surface area contributed by atoms with Gasteiger partial charge in [-0.05, 0) is 62.3 Å². The molecule has 0 saturated heterocycles. The number of nitrogens with one attached hydrogen (secondary N) is 1. The van der Waals surface area contributed by atoms with Crippen LogP contribution in [0.1, 0.15) is 24.1 Å². The molecule has 4 atom stereocenters. The normalized spacial score (nSPS) is 27.2. The number of aromatic nitrogens is 1. The summed E-state index contributed by atoms with van der Waals surface area (Å²) < 4.78 is 13.1. The number of anilines is 1. The summed E-state index contributed by atoms with van der Waals surface area (Å²) in [6, 6.07) is 6.21. The fourth-order valence-corrected chi connectivity index (χ4v) is 5.08. The molecule has 4 rings (SSSR count). The number of hydrogen-bond acceptors (Lipinski definition) is 4. The zero-order valence-corrected chi connectivity index (χ0v) is 15.5. The summed E-state index contributed by atoms with van der Waals surface area (Å²) in [6.07, 6.45) is 3.34. The topological polar surface area (TPSA) is 68.0 Å². The SMILES string of the molecule is Cc1sc(NC(=O)C2C3CCC(C3)C2N)nc1-c1ccc(F)cc1.Cl. The number of halogens is 2. The van der Waals surface area contributed by atoms with Crippen molar-refractivity contribution in [2.75, 3.05) is 5.32 Å². The van der Waals surface area contributed by atoms with E-state index in [1.54, 1.807) is 12.1 Å². The van der Waals surface area contributed by atoms with E-state index in [0.717, 1.165) is 35.4 Å². The van der Waals surface area contributed by atoms with Crippen LogP contribution in [-0.2, 0) is 4.79 Å². The number of nitrogens with zero attached hydrogens (tertiary/aromatic N) is 1. The fourth-order valence-electron chi connectivity index (χ4n) is 4.24. The van der Waals surface area contributed by atoms with Crippen LogP contribution < -0.4 is 11.1 Å². The average Bonchev–Trinajstić information content (AvgIpc) is 3.23. The van der Waals surface area contributed by atoms with E-state index in [1.165, 1.54) is 23.5 Å². The first-order valence-electron chi connectivity index (χ1n) is 8.32. The van der Waals surface area contributed by atoms with Crippen molar-refractivity contribution in [3.63, 3.8) is 0 Å². The van der Waals surface area contributed by atoms with Crippen molar-refractivity contribution in [3.8, 4) is 11.3 Å². The first-order valence-corrected chi connectivity index (χ1v) is 9.14. The fraction of sp³-hybridized carbons (Fsp3) is 0.444. The first kappa shape index (κ1) is 18.3. The van der Waals surface area contributed by atoms with Crippen LogP contribution in [0.15, 0.2) is 24.3 Å². The maximum atomic E-state index is 13.1. The third-order valence-electron chi connectivity index (χ3n) is 5.43. The van der Waals surface area contributed by atoms with Crippen molar-refractivity contribution >= 4 is 34.8 Å². The van der Waals surface area contributed by atoms with Crippen molar-refractivity contribution in [3.05, 3.63) is 35.0 Å². The summed E-state index contributed by atoms with van der Waals surface area (Å²) >= 11 is 1.44. The van der Waals surface area contributed by atoms with Gasteiger partial charge in [0.2, 0.25) is 5.91 Å². The number of hydrogen-bond donors (Lipinski definition) is 2. The molecular weight excluding hydrogens is 361 g/mol. The van der Waals surface area contributed by atoms with Gasteiger partial charge in [0.05, 0.1) is 11.6 Å². The van der Waals surface area contributed by atoms with Crippen LogP contribution in [0.4, 0.5) is 9.52 Å². The molecule has 1 heterocycles. The molecule has 1 aromatic heterocycles. The lowest BCUT2D eigenvalue weighted by atomic mass is 9.84. The second-order valence-corrected chi connectivity index (χ2v) is 8.06. The standard InChI is InChI=1S/C18H20FN3OS.ClH/c1-9-16(10-4-6-13(19)7-5-10)21-18(24-9)22-17(23)14-11-2-3-12(8-11)15(14)20;/h4-7,11-12,14-15H,2-3,8,20H2,1H3,(H,21,22,23);1H. The summed E-state index contributed by atoms with van der Waals surface area (Å²) in [5, 5.41) is 3.55. The van der Waals surface area contributed by atoms with Gasteiger partial charge < -0.3 is 11.1 Å². The Morgan fingerprint density at radius 1 is 1.28 bits per heavy atom. The second-order valence-electron chi connectivity index (χ2n) is 6.86. The molecule has 134 valence electrons. The van der Waals surface area contributed by atoms with Crippen molar-refractivity contribution in [1.29, 1.82) is 0 Å². The molecule has 4 nitrogen and oxygen atoms in total. The molecule has 2 fully saturated rings. The summed E-state index contributed by atoms with van der Waals surface area (Å²) in [5.41, 5.74) is 7.88. The molecule has 4 unspecified atom stereocenters. The Balaban J connectivity index is 0.00000182. The second kappa shape index (κ2) is 7.02. The first-order chi connectivity index (χ1) is 11.5. The highest BCUT2D eigenvalue weighted by Gasteiger charge is 2.49.